The molecule has 0 atom stereocenters. The van der Waals surface area contributed by atoms with Crippen LogP contribution in [0.2, 0.25) is 0 Å². The average Bonchev–Trinajstić information content (AvgIpc) is 2.85. The molecule has 106 valence electrons. The lowest BCUT2D eigenvalue weighted by Gasteiger charge is -2.18. The molecular weight excluding hydrogens is 248 g/mol. The molecular formula is C16H22N4. The van der Waals surface area contributed by atoms with Crippen molar-refractivity contribution in [2.45, 2.75) is 39.7 Å². The summed E-state index contributed by atoms with van der Waals surface area (Å²) in [6.45, 7) is 6.42. The quantitative estimate of drug-likeness (QED) is 0.929. The van der Waals surface area contributed by atoms with Gasteiger partial charge >= 0.3 is 0 Å². The summed E-state index contributed by atoms with van der Waals surface area (Å²) in [6.07, 6.45) is 4.93. The monoisotopic (exact) mass is 270 g/mol. The van der Waals surface area contributed by atoms with Crippen LogP contribution in [-0.4, -0.2) is 21.3 Å². The zero-order chi connectivity index (χ0) is 13.9. The SMILES string of the molecule is CC(C)Cn1ncnc1Cc1ccc2c(c1)NCCC2. The van der Waals surface area contributed by atoms with Crippen molar-refractivity contribution in [3.63, 3.8) is 0 Å². The van der Waals surface area contributed by atoms with Crippen LogP contribution in [0.15, 0.2) is 24.5 Å². The summed E-state index contributed by atoms with van der Waals surface area (Å²) in [5.74, 6) is 1.63. The second-order valence-corrected chi connectivity index (χ2v) is 5.95. The molecule has 20 heavy (non-hydrogen) atoms. The highest BCUT2D eigenvalue weighted by Gasteiger charge is 2.11. The van der Waals surface area contributed by atoms with Crippen LogP contribution in [0.25, 0.3) is 0 Å². The van der Waals surface area contributed by atoms with Crippen LogP contribution in [0.1, 0.15) is 37.2 Å². The van der Waals surface area contributed by atoms with Gasteiger partial charge < -0.3 is 5.32 Å². The van der Waals surface area contributed by atoms with Crippen molar-refractivity contribution in [2.24, 2.45) is 5.92 Å². The molecule has 1 N–H and O–H groups in total. The average molecular weight is 270 g/mol. The first-order valence-corrected chi connectivity index (χ1v) is 7.45. The lowest BCUT2D eigenvalue weighted by Crippen LogP contribution is -2.13. The number of hydrogen-bond donors (Lipinski definition) is 1. The first kappa shape index (κ1) is 13.2. The van der Waals surface area contributed by atoms with E-state index in [4.69, 9.17) is 0 Å². The van der Waals surface area contributed by atoms with Crippen LogP contribution >= 0.6 is 0 Å². The molecule has 4 nitrogen and oxygen atoms in total. The molecule has 2 heterocycles. The van der Waals surface area contributed by atoms with Crippen LogP contribution in [-0.2, 0) is 19.4 Å². The highest BCUT2D eigenvalue weighted by Crippen LogP contribution is 2.24. The van der Waals surface area contributed by atoms with E-state index in [1.807, 2.05) is 4.68 Å². The van der Waals surface area contributed by atoms with Crippen LogP contribution < -0.4 is 5.32 Å². The highest BCUT2D eigenvalue weighted by atomic mass is 15.3. The summed E-state index contributed by atoms with van der Waals surface area (Å²) in [7, 11) is 0. The molecule has 0 unspecified atom stereocenters. The molecule has 0 spiro atoms. The number of nitrogens with zero attached hydrogens (tertiary/aromatic N) is 3. The summed E-state index contributed by atoms with van der Waals surface area (Å²) in [4.78, 5) is 4.41. The zero-order valence-electron chi connectivity index (χ0n) is 12.3. The number of benzene rings is 1. The van der Waals surface area contributed by atoms with Gasteiger partial charge in [0.15, 0.2) is 0 Å². The Morgan fingerprint density at radius 3 is 3.10 bits per heavy atom. The van der Waals surface area contributed by atoms with Gasteiger partial charge in [0.25, 0.3) is 0 Å². The van der Waals surface area contributed by atoms with Crippen LogP contribution in [0, 0.1) is 5.92 Å². The van der Waals surface area contributed by atoms with Gasteiger partial charge in [0.05, 0.1) is 0 Å². The van der Waals surface area contributed by atoms with Crippen molar-refractivity contribution in [1.29, 1.82) is 0 Å². The molecule has 2 aromatic rings. The molecule has 0 amide bonds. The Bertz CT molecular complexity index is 586. The number of aromatic nitrogens is 3. The molecule has 0 saturated heterocycles. The Kier molecular flexibility index (Phi) is 3.72. The van der Waals surface area contributed by atoms with E-state index < -0.39 is 0 Å². The minimum Gasteiger partial charge on any atom is -0.385 e. The summed E-state index contributed by atoms with van der Waals surface area (Å²) in [6, 6.07) is 6.74. The highest BCUT2D eigenvalue weighted by molar-refractivity contribution is 5.55. The Hall–Kier alpha value is -1.84. The van der Waals surface area contributed by atoms with E-state index in [0.717, 1.165) is 25.3 Å². The van der Waals surface area contributed by atoms with Gasteiger partial charge in [0.2, 0.25) is 0 Å². The van der Waals surface area contributed by atoms with Crippen molar-refractivity contribution in [3.05, 3.63) is 41.5 Å². The third-order valence-electron chi connectivity index (χ3n) is 3.71. The predicted molar refractivity (Wildman–Crippen MR) is 80.9 cm³/mol. The van der Waals surface area contributed by atoms with Gasteiger partial charge in [-0.15, -0.1) is 0 Å². The lowest BCUT2D eigenvalue weighted by molar-refractivity contribution is 0.469. The minimum atomic E-state index is 0.584. The van der Waals surface area contributed by atoms with Crippen LogP contribution in [0.5, 0.6) is 0 Å². The van der Waals surface area contributed by atoms with Crippen molar-refractivity contribution < 1.29 is 0 Å². The van der Waals surface area contributed by atoms with Crippen molar-refractivity contribution in [3.8, 4) is 0 Å². The third kappa shape index (κ3) is 2.84. The number of hydrogen-bond acceptors (Lipinski definition) is 3. The van der Waals surface area contributed by atoms with Gasteiger partial charge in [-0.3, -0.25) is 0 Å². The molecule has 1 aromatic carbocycles. The Labute approximate surface area is 120 Å². The number of anilines is 1. The fraction of sp³-hybridized carbons (Fsp3) is 0.500. The number of nitrogens with one attached hydrogen (secondary N) is 1. The van der Waals surface area contributed by atoms with Gasteiger partial charge in [-0.05, 0) is 36.0 Å². The maximum atomic E-state index is 4.41. The van der Waals surface area contributed by atoms with Gasteiger partial charge in [-0.25, -0.2) is 9.67 Å². The minimum absolute atomic E-state index is 0.584. The summed E-state index contributed by atoms with van der Waals surface area (Å²) in [5, 5.41) is 7.82. The van der Waals surface area contributed by atoms with Crippen molar-refractivity contribution >= 4 is 5.69 Å². The summed E-state index contributed by atoms with van der Waals surface area (Å²) < 4.78 is 2.03. The van der Waals surface area contributed by atoms with E-state index >= 15 is 0 Å². The Balaban J connectivity index is 1.79. The number of aryl methyl sites for hydroxylation is 1. The second kappa shape index (κ2) is 5.65. The molecule has 4 heteroatoms. The van der Waals surface area contributed by atoms with Gasteiger partial charge in [0, 0.05) is 25.2 Å². The molecule has 0 radical (unpaired) electrons. The second-order valence-electron chi connectivity index (χ2n) is 5.95. The van der Waals surface area contributed by atoms with Crippen LogP contribution in [0.4, 0.5) is 5.69 Å². The van der Waals surface area contributed by atoms with Gasteiger partial charge in [-0.2, -0.15) is 5.10 Å². The van der Waals surface area contributed by atoms with E-state index in [0.29, 0.717) is 5.92 Å². The van der Waals surface area contributed by atoms with E-state index in [1.165, 1.54) is 29.7 Å². The van der Waals surface area contributed by atoms with E-state index in [2.05, 4.69) is 47.4 Å². The Morgan fingerprint density at radius 2 is 2.25 bits per heavy atom. The first-order valence-electron chi connectivity index (χ1n) is 7.45. The zero-order valence-corrected chi connectivity index (χ0v) is 12.3. The summed E-state index contributed by atoms with van der Waals surface area (Å²) >= 11 is 0. The fourth-order valence-corrected chi connectivity index (χ4v) is 2.72. The standard InChI is InChI=1S/C16H22N4/c1-12(2)10-20-16(18-11-19-20)9-13-5-6-14-4-3-7-17-15(14)8-13/h5-6,8,11-12,17H,3-4,7,9-10H2,1-2H3. The summed E-state index contributed by atoms with van der Waals surface area (Å²) in [5.41, 5.74) is 4.03. The van der Waals surface area contributed by atoms with Gasteiger partial charge in [-0.1, -0.05) is 26.0 Å². The molecule has 3 rings (SSSR count). The number of fused-ring (bicyclic) bond motifs is 1. The molecule has 0 saturated carbocycles. The predicted octanol–water partition coefficient (Wildman–Crippen LogP) is 2.88. The smallest absolute Gasteiger partial charge is 0.138 e. The van der Waals surface area contributed by atoms with E-state index in [-0.39, 0.29) is 0 Å². The lowest BCUT2D eigenvalue weighted by atomic mass is 10.00. The molecule has 0 aliphatic carbocycles. The van der Waals surface area contributed by atoms with E-state index in [1.54, 1.807) is 6.33 Å². The topological polar surface area (TPSA) is 42.7 Å². The first-order chi connectivity index (χ1) is 9.72. The fourth-order valence-electron chi connectivity index (χ4n) is 2.72. The number of rotatable bonds is 4. The molecule has 0 fully saturated rings. The normalized spacial score (nSPS) is 14.2. The molecule has 1 aliphatic heterocycles. The Morgan fingerprint density at radius 1 is 1.35 bits per heavy atom. The largest absolute Gasteiger partial charge is 0.385 e. The molecule has 1 aliphatic rings. The van der Waals surface area contributed by atoms with Gasteiger partial charge in [0.1, 0.15) is 12.2 Å². The van der Waals surface area contributed by atoms with Crippen molar-refractivity contribution in [1.82, 2.24) is 14.8 Å². The van der Waals surface area contributed by atoms with E-state index in [9.17, 15) is 0 Å². The maximum absolute atomic E-state index is 4.41. The maximum Gasteiger partial charge on any atom is 0.138 e. The van der Waals surface area contributed by atoms with Crippen LogP contribution in [0.3, 0.4) is 0 Å². The third-order valence-corrected chi connectivity index (χ3v) is 3.71. The van der Waals surface area contributed by atoms with Crippen molar-refractivity contribution in [2.75, 3.05) is 11.9 Å². The molecule has 1 aromatic heterocycles. The molecule has 0 bridgehead atoms.